The first kappa shape index (κ1) is 25.8. The van der Waals surface area contributed by atoms with Gasteiger partial charge < -0.3 is 15.5 Å². The number of carboxylic acid groups (broad SMARTS) is 1. The van der Waals surface area contributed by atoms with Crippen molar-refractivity contribution in [2.24, 2.45) is 0 Å². The van der Waals surface area contributed by atoms with Crippen molar-refractivity contribution in [1.29, 1.82) is 0 Å². The number of benzene rings is 1. The molecule has 0 bridgehead atoms. The molecular weight excluding hydrogens is 375 g/mol. The van der Waals surface area contributed by atoms with Crippen molar-refractivity contribution in [2.45, 2.75) is 78.4 Å². The van der Waals surface area contributed by atoms with Gasteiger partial charge in [0, 0.05) is 12.5 Å². The second-order valence-electron chi connectivity index (χ2n) is 8.68. The highest BCUT2D eigenvalue weighted by Crippen LogP contribution is 2.39. The monoisotopic (exact) mass is 405 g/mol. The van der Waals surface area contributed by atoms with E-state index >= 15 is 0 Å². The third-order valence-corrected chi connectivity index (χ3v) is 3.93. The van der Waals surface area contributed by atoms with Crippen LogP contribution in [0.5, 0.6) is 5.75 Å². The normalized spacial score (nSPS) is 13.2. The summed E-state index contributed by atoms with van der Waals surface area (Å²) in [6, 6.07) is 3.77. The first-order valence-corrected chi connectivity index (χ1v) is 8.73. The number of hydrogen-bond donors (Lipinski definition) is 3. The molecule has 1 rings (SSSR count). The van der Waals surface area contributed by atoms with E-state index in [1.54, 1.807) is 0 Å². The highest BCUT2D eigenvalue weighted by molar-refractivity contribution is 5.74. The first-order valence-electron chi connectivity index (χ1n) is 8.73. The van der Waals surface area contributed by atoms with Crippen LogP contribution in [0.3, 0.4) is 0 Å². The molecule has 5 nitrogen and oxygen atoms in total. The molecular formula is C20H30F3NO4. The molecule has 0 saturated heterocycles. The lowest BCUT2D eigenvalue weighted by molar-refractivity contribution is -0.192. The van der Waals surface area contributed by atoms with Crippen molar-refractivity contribution in [1.82, 2.24) is 5.32 Å². The second kappa shape index (κ2) is 8.84. The molecule has 0 heterocycles. The summed E-state index contributed by atoms with van der Waals surface area (Å²) in [4.78, 5) is 20.2. The fourth-order valence-corrected chi connectivity index (χ4v) is 2.52. The molecule has 0 aliphatic carbocycles. The van der Waals surface area contributed by atoms with E-state index in [1.807, 2.05) is 13.0 Å². The van der Waals surface area contributed by atoms with Gasteiger partial charge in [-0.25, -0.2) is 4.79 Å². The number of nitrogens with one attached hydrogen (secondary N) is 1. The number of hydrogen-bond acceptors (Lipinski definition) is 3. The maximum atomic E-state index is 11.3. The van der Waals surface area contributed by atoms with Crippen LogP contribution >= 0.6 is 0 Å². The van der Waals surface area contributed by atoms with Gasteiger partial charge in [-0.2, -0.15) is 13.2 Å². The Bertz CT molecular complexity index is 714. The number of carbonyl (C=O) groups excluding carboxylic acids is 1. The van der Waals surface area contributed by atoms with Gasteiger partial charge in [-0.1, -0.05) is 47.6 Å². The molecule has 0 spiro atoms. The van der Waals surface area contributed by atoms with Gasteiger partial charge >= 0.3 is 12.1 Å². The molecule has 0 aliphatic rings. The van der Waals surface area contributed by atoms with Crippen molar-refractivity contribution in [3.05, 3.63) is 28.8 Å². The number of halogens is 3. The van der Waals surface area contributed by atoms with Crippen LogP contribution in [0.4, 0.5) is 13.2 Å². The van der Waals surface area contributed by atoms with Crippen LogP contribution in [0.1, 0.15) is 78.1 Å². The third-order valence-electron chi connectivity index (χ3n) is 3.93. The van der Waals surface area contributed by atoms with Crippen molar-refractivity contribution in [3.63, 3.8) is 0 Å². The fraction of sp³-hybridized carbons (Fsp3) is 0.600. The standard InChI is InChI=1S/C18H29NO2.C2HF3O2/c1-11(19-12(2)20)16-14(18(6,7)8)9-13(10-15(16)21)17(3,4)5;3-2(4,5)1(6)7/h9-11,21H,1-8H3,(H,19,20);(H,6,7). The molecule has 3 N–H and O–H groups in total. The van der Waals surface area contributed by atoms with E-state index in [9.17, 15) is 23.1 Å². The van der Waals surface area contributed by atoms with Crippen LogP contribution in [-0.2, 0) is 20.4 Å². The number of carbonyl (C=O) groups is 2. The molecule has 1 aromatic carbocycles. The summed E-state index contributed by atoms with van der Waals surface area (Å²) >= 11 is 0. The predicted octanol–water partition coefficient (Wildman–Crippen LogP) is 4.82. The number of rotatable bonds is 2. The smallest absolute Gasteiger partial charge is 0.490 e. The van der Waals surface area contributed by atoms with Crippen molar-refractivity contribution < 1.29 is 33.0 Å². The lowest BCUT2D eigenvalue weighted by Gasteiger charge is -2.30. The molecule has 0 fully saturated rings. The highest BCUT2D eigenvalue weighted by atomic mass is 19.4. The molecule has 1 unspecified atom stereocenters. The highest BCUT2D eigenvalue weighted by Gasteiger charge is 2.38. The van der Waals surface area contributed by atoms with Gasteiger partial charge in [0.2, 0.25) is 5.91 Å². The number of amides is 1. The number of aromatic hydroxyl groups is 1. The number of phenols is 1. The molecule has 1 amide bonds. The van der Waals surface area contributed by atoms with Gasteiger partial charge in [-0.3, -0.25) is 4.79 Å². The number of alkyl halides is 3. The molecule has 0 aromatic heterocycles. The summed E-state index contributed by atoms with van der Waals surface area (Å²) in [5.74, 6) is -2.59. The zero-order valence-corrected chi connectivity index (χ0v) is 17.6. The molecule has 0 radical (unpaired) electrons. The van der Waals surface area contributed by atoms with Gasteiger partial charge in [0.25, 0.3) is 0 Å². The Morgan fingerprint density at radius 2 is 1.43 bits per heavy atom. The Kier molecular flexibility index (Phi) is 8.13. The lowest BCUT2D eigenvalue weighted by atomic mass is 9.77. The summed E-state index contributed by atoms with van der Waals surface area (Å²) < 4.78 is 31.7. The summed E-state index contributed by atoms with van der Waals surface area (Å²) in [6.07, 6.45) is -5.08. The van der Waals surface area contributed by atoms with Gasteiger partial charge in [-0.05, 0) is 34.9 Å². The molecule has 8 heteroatoms. The van der Waals surface area contributed by atoms with Crippen LogP contribution in [0, 0.1) is 0 Å². The van der Waals surface area contributed by atoms with E-state index in [1.165, 1.54) is 6.92 Å². The van der Waals surface area contributed by atoms with E-state index < -0.39 is 12.1 Å². The minimum absolute atomic E-state index is 0.0345. The summed E-state index contributed by atoms with van der Waals surface area (Å²) in [5, 5.41) is 20.5. The predicted molar refractivity (Wildman–Crippen MR) is 101 cm³/mol. The Labute approximate surface area is 164 Å². The fourth-order valence-electron chi connectivity index (χ4n) is 2.52. The first-order chi connectivity index (χ1) is 12.3. The Morgan fingerprint density at radius 1 is 1.00 bits per heavy atom. The zero-order chi connectivity index (χ0) is 22.7. The number of carboxylic acids is 1. The van der Waals surface area contributed by atoms with Gasteiger partial charge in [-0.15, -0.1) is 0 Å². The Hall–Kier alpha value is -2.25. The van der Waals surface area contributed by atoms with Crippen molar-refractivity contribution in [3.8, 4) is 5.75 Å². The van der Waals surface area contributed by atoms with E-state index in [-0.39, 0.29) is 28.5 Å². The van der Waals surface area contributed by atoms with Crippen molar-refractivity contribution >= 4 is 11.9 Å². The van der Waals surface area contributed by atoms with Gasteiger partial charge in [0.1, 0.15) is 5.75 Å². The van der Waals surface area contributed by atoms with Gasteiger partial charge in [0.15, 0.2) is 0 Å². The van der Waals surface area contributed by atoms with Crippen LogP contribution in [0.2, 0.25) is 0 Å². The average molecular weight is 405 g/mol. The molecule has 0 saturated carbocycles. The average Bonchev–Trinajstić information content (AvgIpc) is 2.42. The van der Waals surface area contributed by atoms with E-state index in [0.29, 0.717) is 0 Å². The summed E-state index contributed by atoms with van der Waals surface area (Å²) in [5.41, 5.74) is 2.84. The van der Waals surface area contributed by atoms with Gasteiger partial charge in [0.05, 0.1) is 6.04 Å². The largest absolute Gasteiger partial charge is 0.508 e. The molecule has 1 atom stereocenters. The second-order valence-corrected chi connectivity index (χ2v) is 8.68. The number of aliphatic carboxylic acids is 1. The van der Waals surface area contributed by atoms with Crippen LogP contribution in [0.15, 0.2) is 12.1 Å². The number of phenolic OH excluding ortho intramolecular Hbond substituents is 1. The van der Waals surface area contributed by atoms with Crippen LogP contribution in [-0.4, -0.2) is 28.3 Å². The quantitative estimate of drug-likeness (QED) is 0.659. The maximum Gasteiger partial charge on any atom is 0.490 e. The van der Waals surface area contributed by atoms with E-state index in [2.05, 4.69) is 52.9 Å². The van der Waals surface area contributed by atoms with Crippen molar-refractivity contribution in [2.75, 3.05) is 0 Å². The van der Waals surface area contributed by atoms with E-state index in [4.69, 9.17) is 9.90 Å². The summed E-state index contributed by atoms with van der Waals surface area (Å²) in [6.45, 7) is 16.2. The topological polar surface area (TPSA) is 86.6 Å². The van der Waals surface area contributed by atoms with E-state index in [0.717, 1.165) is 16.7 Å². The molecule has 1 aromatic rings. The zero-order valence-electron chi connectivity index (χ0n) is 17.6. The minimum atomic E-state index is -5.08. The lowest BCUT2D eigenvalue weighted by Crippen LogP contribution is -2.27. The SMILES string of the molecule is CC(=O)NC(C)c1c(O)cc(C(C)(C)C)cc1C(C)(C)C.O=C(O)C(F)(F)F. The van der Waals surface area contributed by atoms with Crippen LogP contribution < -0.4 is 5.32 Å². The molecule has 0 aliphatic heterocycles. The van der Waals surface area contributed by atoms with Crippen LogP contribution in [0.25, 0.3) is 0 Å². The Morgan fingerprint density at radius 3 is 1.71 bits per heavy atom. The maximum absolute atomic E-state index is 11.3. The molecule has 28 heavy (non-hydrogen) atoms. The minimum Gasteiger partial charge on any atom is -0.508 e. The third kappa shape index (κ3) is 7.78. The molecule has 160 valence electrons. The summed E-state index contributed by atoms with van der Waals surface area (Å²) in [7, 11) is 0. The Balaban J connectivity index is 0.000000887.